The number of nitrogens with zero attached hydrogens (tertiary/aromatic N) is 2. The number of nitrogens with one attached hydrogen (secondary N) is 2. The summed E-state index contributed by atoms with van der Waals surface area (Å²) in [4.78, 5) is 8.67. The van der Waals surface area contributed by atoms with E-state index >= 15 is 0 Å². The minimum absolute atomic E-state index is 0.806. The number of hydrogen-bond acceptors (Lipinski definition) is 4. The summed E-state index contributed by atoms with van der Waals surface area (Å²) in [6.07, 6.45) is 4.70. The summed E-state index contributed by atoms with van der Waals surface area (Å²) in [5, 5.41) is 6.31. The van der Waals surface area contributed by atoms with Crippen molar-refractivity contribution in [3.05, 3.63) is 23.7 Å². The molecule has 15 heavy (non-hydrogen) atoms. The lowest BCUT2D eigenvalue weighted by Gasteiger charge is -2.18. The molecule has 2 heterocycles. The summed E-state index contributed by atoms with van der Waals surface area (Å²) in [5.41, 5.74) is 3.69. The maximum atomic E-state index is 4.40. The van der Waals surface area contributed by atoms with Crippen molar-refractivity contribution in [1.29, 1.82) is 0 Å². The van der Waals surface area contributed by atoms with Crippen LogP contribution in [0.25, 0.3) is 5.57 Å². The first-order valence-corrected chi connectivity index (χ1v) is 5.21. The molecule has 0 saturated carbocycles. The zero-order chi connectivity index (χ0) is 10.7. The van der Waals surface area contributed by atoms with Gasteiger partial charge in [-0.3, -0.25) is 4.98 Å². The molecule has 0 amide bonds. The van der Waals surface area contributed by atoms with Crippen molar-refractivity contribution < 1.29 is 0 Å². The lowest BCUT2D eigenvalue weighted by Crippen LogP contribution is -2.24. The normalized spacial score (nSPS) is 16.7. The van der Waals surface area contributed by atoms with Crippen LogP contribution in [0.1, 0.15) is 19.0 Å². The quantitative estimate of drug-likeness (QED) is 0.762. The molecule has 2 rings (SSSR count). The van der Waals surface area contributed by atoms with Crippen LogP contribution >= 0.6 is 0 Å². The topological polar surface area (TPSA) is 49.8 Å². The Hall–Kier alpha value is -1.42. The van der Waals surface area contributed by atoms with Gasteiger partial charge in [-0.15, -0.1) is 0 Å². The Kier molecular flexibility index (Phi) is 2.97. The van der Waals surface area contributed by atoms with E-state index in [0.717, 1.165) is 31.0 Å². The fraction of sp³-hybridized carbons (Fsp3) is 0.455. The van der Waals surface area contributed by atoms with Crippen molar-refractivity contribution in [1.82, 2.24) is 15.3 Å². The molecule has 0 unspecified atom stereocenters. The van der Waals surface area contributed by atoms with Crippen LogP contribution in [0.3, 0.4) is 0 Å². The van der Waals surface area contributed by atoms with E-state index in [1.54, 1.807) is 6.20 Å². The van der Waals surface area contributed by atoms with E-state index in [0.29, 0.717) is 0 Å². The highest BCUT2D eigenvalue weighted by molar-refractivity contribution is 5.67. The first-order valence-electron chi connectivity index (χ1n) is 5.21. The molecule has 4 nitrogen and oxygen atoms in total. The van der Waals surface area contributed by atoms with Gasteiger partial charge in [0.1, 0.15) is 5.82 Å². The molecule has 1 aliphatic rings. The van der Waals surface area contributed by atoms with Crippen LogP contribution in [0.5, 0.6) is 0 Å². The van der Waals surface area contributed by atoms with Crippen molar-refractivity contribution in [2.45, 2.75) is 13.3 Å². The van der Waals surface area contributed by atoms with Crippen molar-refractivity contribution >= 4 is 11.4 Å². The van der Waals surface area contributed by atoms with Crippen molar-refractivity contribution in [3.8, 4) is 0 Å². The van der Waals surface area contributed by atoms with Gasteiger partial charge >= 0.3 is 0 Å². The van der Waals surface area contributed by atoms with E-state index < -0.39 is 0 Å². The number of anilines is 1. The summed E-state index contributed by atoms with van der Waals surface area (Å²) in [6, 6.07) is 0. The van der Waals surface area contributed by atoms with Crippen LogP contribution in [0.2, 0.25) is 0 Å². The van der Waals surface area contributed by atoms with Crippen LogP contribution in [0.4, 0.5) is 5.82 Å². The van der Waals surface area contributed by atoms with Gasteiger partial charge in [0, 0.05) is 13.6 Å². The molecule has 1 aromatic rings. The smallest absolute Gasteiger partial charge is 0.144 e. The molecule has 1 aromatic heterocycles. The first-order chi connectivity index (χ1) is 7.31. The summed E-state index contributed by atoms with van der Waals surface area (Å²) in [6.45, 7) is 4.14. The molecule has 0 fully saturated rings. The molecule has 2 N–H and O–H groups in total. The molecule has 0 bridgehead atoms. The predicted molar refractivity (Wildman–Crippen MR) is 61.7 cm³/mol. The third kappa shape index (κ3) is 2.15. The zero-order valence-corrected chi connectivity index (χ0v) is 9.17. The average Bonchev–Trinajstić information content (AvgIpc) is 2.30. The Labute approximate surface area is 89.8 Å². The van der Waals surface area contributed by atoms with Gasteiger partial charge in [0.15, 0.2) is 0 Å². The van der Waals surface area contributed by atoms with E-state index in [9.17, 15) is 0 Å². The Morgan fingerprint density at radius 3 is 2.80 bits per heavy atom. The summed E-state index contributed by atoms with van der Waals surface area (Å²) in [5.74, 6) is 0.806. The summed E-state index contributed by atoms with van der Waals surface area (Å²) in [7, 11) is 1.84. The molecule has 0 radical (unpaired) electrons. The van der Waals surface area contributed by atoms with Crippen LogP contribution in [0.15, 0.2) is 18.0 Å². The molecule has 0 atom stereocenters. The third-order valence-electron chi connectivity index (χ3n) is 2.71. The second-order valence-electron chi connectivity index (χ2n) is 3.72. The summed E-state index contributed by atoms with van der Waals surface area (Å²) >= 11 is 0. The Bertz CT molecular complexity index is 367. The van der Waals surface area contributed by atoms with Gasteiger partial charge in [0.2, 0.25) is 0 Å². The van der Waals surface area contributed by atoms with Gasteiger partial charge in [0.25, 0.3) is 0 Å². The second-order valence-corrected chi connectivity index (χ2v) is 3.72. The van der Waals surface area contributed by atoms with Gasteiger partial charge < -0.3 is 10.6 Å². The van der Waals surface area contributed by atoms with E-state index in [-0.39, 0.29) is 0 Å². The molecule has 0 spiro atoms. The minimum Gasteiger partial charge on any atom is -0.372 e. The van der Waals surface area contributed by atoms with Crippen molar-refractivity contribution in [2.75, 3.05) is 25.5 Å². The number of hydrogen-bond donors (Lipinski definition) is 2. The lowest BCUT2D eigenvalue weighted by atomic mass is 10.0. The van der Waals surface area contributed by atoms with Crippen LogP contribution in [-0.4, -0.2) is 30.1 Å². The standard InChI is InChI=1S/C11H16N4/c1-8-3-4-13-5-9(8)10-6-15-11(12-2)7-14-10/h6-7,13H,3-5H2,1-2H3,(H,12,15). The molecule has 4 heteroatoms. The Morgan fingerprint density at radius 2 is 2.20 bits per heavy atom. The lowest BCUT2D eigenvalue weighted by molar-refractivity contribution is 0.713. The van der Waals surface area contributed by atoms with Crippen molar-refractivity contribution in [3.63, 3.8) is 0 Å². The van der Waals surface area contributed by atoms with E-state index in [4.69, 9.17) is 0 Å². The van der Waals surface area contributed by atoms with E-state index in [2.05, 4.69) is 27.5 Å². The molecular weight excluding hydrogens is 188 g/mol. The minimum atomic E-state index is 0.806. The van der Waals surface area contributed by atoms with Gasteiger partial charge in [-0.1, -0.05) is 5.57 Å². The summed E-state index contributed by atoms with van der Waals surface area (Å²) < 4.78 is 0. The molecule has 1 aliphatic heterocycles. The largest absolute Gasteiger partial charge is 0.372 e. The second kappa shape index (κ2) is 4.40. The maximum absolute atomic E-state index is 4.40. The highest BCUT2D eigenvalue weighted by Crippen LogP contribution is 2.20. The Balaban J connectivity index is 2.28. The average molecular weight is 204 g/mol. The van der Waals surface area contributed by atoms with Crippen LogP contribution < -0.4 is 10.6 Å². The monoisotopic (exact) mass is 204 g/mol. The molecule has 80 valence electrons. The zero-order valence-electron chi connectivity index (χ0n) is 9.17. The van der Waals surface area contributed by atoms with Gasteiger partial charge in [-0.25, -0.2) is 4.98 Å². The molecule has 0 saturated heterocycles. The first kappa shape index (κ1) is 10.1. The Morgan fingerprint density at radius 1 is 1.33 bits per heavy atom. The fourth-order valence-electron chi connectivity index (χ4n) is 1.71. The van der Waals surface area contributed by atoms with Gasteiger partial charge in [-0.2, -0.15) is 0 Å². The molecular formula is C11H16N4. The van der Waals surface area contributed by atoms with E-state index in [1.807, 2.05) is 13.2 Å². The highest BCUT2D eigenvalue weighted by Gasteiger charge is 2.11. The van der Waals surface area contributed by atoms with Gasteiger partial charge in [-0.05, 0) is 25.5 Å². The van der Waals surface area contributed by atoms with E-state index in [1.165, 1.54) is 11.1 Å². The number of rotatable bonds is 2. The third-order valence-corrected chi connectivity index (χ3v) is 2.71. The SMILES string of the molecule is CNc1cnc(C2=C(C)CCNC2)cn1. The van der Waals surface area contributed by atoms with Crippen LogP contribution in [0, 0.1) is 0 Å². The maximum Gasteiger partial charge on any atom is 0.144 e. The van der Waals surface area contributed by atoms with Gasteiger partial charge in [0.05, 0.1) is 18.1 Å². The molecule has 0 aromatic carbocycles. The van der Waals surface area contributed by atoms with Crippen LogP contribution in [-0.2, 0) is 0 Å². The predicted octanol–water partition coefficient (Wildman–Crippen LogP) is 1.29. The van der Waals surface area contributed by atoms with Crippen molar-refractivity contribution in [2.24, 2.45) is 0 Å². The highest BCUT2D eigenvalue weighted by atomic mass is 15.0. The molecule has 0 aliphatic carbocycles. The fourth-order valence-corrected chi connectivity index (χ4v) is 1.71. The number of aromatic nitrogens is 2.